The van der Waals surface area contributed by atoms with Crippen LogP contribution in [0.5, 0.6) is 0 Å². The Bertz CT molecular complexity index is 1040. The molecule has 2 fully saturated rings. The van der Waals surface area contributed by atoms with Gasteiger partial charge in [0.25, 0.3) is 0 Å². The number of aromatic nitrogens is 4. The summed E-state index contributed by atoms with van der Waals surface area (Å²) in [5.41, 5.74) is 2.35. The van der Waals surface area contributed by atoms with Crippen molar-refractivity contribution < 1.29 is 4.79 Å². The first-order valence-electron chi connectivity index (χ1n) is 10.2. The second-order valence-electron chi connectivity index (χ2n) is 7.83. The lowest BCUT2D eigenvalue weighted by Crippen LogP contribution is -2.44. The number of nitrogens with zero attached hydrogens (tertiary/aromatic N) is 5. The maximum Gasteiger partial charge on any atom is 0.227 e. The van der Waals surface area contributed by atoms with Crippen molar-refractivity contribution in [2.24, 2.45) is 5.92 Å². The number of fused-ring (bicyclic) bond motifs is 1. The van der Waals surface area contributed by atoms with E-state index in [1.165, 1.54) is 0 Å². The van der Waals surface area contributed by atoms with Gasteiger partial charge in [-0.3, -0.25) is 9.78 Å². The maximum absolute atomic E-state index is 12.8. The summed E-state index contributed by atoms with van der Waals surface area (Å²) in [4.78, 5) is 33.9. The average Bonchev–Trinajstić information content (AvgIpc) is 3.43. The summed E-state index contributed by atoms with van der Waals surface area (Å²) in [6.07, 6.45) is 7.55. The normalized spacial score (nSPS) is 19.8. The Balaban J connectivity index is 1.37. The van der Waals surface area contributed by atoms with Crippen LogP contribution in [0.15, 0.2) is 30.6 Å². The zero-order valence-electron chi connectivity index (χ0n) is 16.1. The van der Waals surface area contributed by atoms with Crippen molar-refractivity contribution in [1.82, 2.24) is 24.8 Å². The van der Waals surface area contributed by atoms with Crippen LogP contribution in [0, 0.1) is 5.92 Å². The molecule has 8 heteroatoms. The first-order valence-corrected chi connectivity index (χ1v) is 10.6. The topological polar surface area (TPSA) is 78.0 Å². The van der Waals surface area contributed by atoms with Gasteiger partial charge >= 0.3 is 0 Å². The SMILES string of the molecule is O=C([C@@H]1CCCN(c2ccc3nc(-c4cncc(Cl)c4)[nH]c3n2)C1)N1CCCC1. The van der Waals surface area contributed by atoms with Gasteiger partial charge in [-0.2, -0.15) is 0 Å². The molecule has 0 aromatic carbocycles. The second kappa shape index (κ2) is 7.63. The molecule has 0 unspecified atom stereocenters. The summed E-state index contributed by atoms with van der Waals surface area (Å²) in [5, 5.41) is 0.568. The van der Waals surface area contributed by atoms with Gasteiger partial charge in [0.05, 0.1) is 10.9 Å². The average molecular weight is 411 g/mol. The van der Waals surface area contributed by atoms with Crippen molar-refractivity contribution in [3.8, 4) is 11.4 Å². The molecule has 3 aromatic heterocycles. The van der Waals surface area contributed by atoms with Crippen molar-refractivity contribution in [3.05, 3.63) is 35.6 Å². The minimum absolute atomic E-state index is 0.0641. The van der Waals surface area contributed by atoms with Crippen LogP contribution in [0.2, 0.25) is 5.02 Å². The molecule has 0 aliphatic carbocycles. The predicted molar refractivity (Wildman–Crippen MR) is 113 cm³/mol. The number of hydrogen-bond acceptors (Lipinski definition) is 5. The van der Waals surface area contributed by atoms with Gasteiger partial charge in [0.1, 0.15) is 17.2 Å². The number of hydrogen-bond donors (Lipinski definition) is 1. The summed E-state index contributed by atoms with van der Waals surface area (Å²) in [6.45, 7) is 3.47. The molecule has 5 heterocycles. The third-order valence-electron chi connectivity index (χ3n) is 5.82. The maximum atomic E-state index is 12.8. The van der Waals surface area contributed by atoms with E-state index in [1.807, 2.05) is 23.1 Å². The molecule has 7 nitrogen and oxygen atoms in total. The number of amides is 1. The highest BCUT2D eigenvalue weighted by molar-refractivity contribution is 6.30. The van der Waals surface area contributed by atoms with Crippen LogP contribution in [-0.2, 0) is 4.79 Å². The van der Waals surface area contributed by atoms with Crippen LogP contribution in [0.4, 0.5) is 5.82 Å². The van der Waals surface area contributed by atoms with E-state index in [2.05, 4.69) is 19.9 Å². The fourth-order valence-corrected chi connectivity index (χ4v) is 4.49. The van der Waals surface area contributed by atoms with Gasteiger partial charge < -0.3 is 14.8 Å². The number of H-pyrrole nitrogens is 1. The molecule has 2 aliphatic rings. The van der Waals surface area contributed by atoms with Gasteiger partial charge in [-0.1, -0.05) is 11.6 Å². The van der Waals surface area contributed by atoms with E-state index in [-0.39, 0.29) is 5.92 Å². The standard InChI is InChI=1S/C21H23ClN6O/c22-16-10-15(11-23-12-16)19-24-17-5-6-18(25-20(17)26-19)28-9-3-4-14(13-28)21(29)27-7-1-2-8-27/h5-6,10-12,14H,1-4,7-9,13H2,(H,24,25,26)/t14-/m1/s1. The lowest BCUT2D eigenvalue weighted by Gasteiger charge is -2.34. The lowest BCUT2D eigenvalue weighted by molar-refractivity contribution is -0.134. The number of pyridine rings is 2. The van der Waals surface area contributed by atoms with E-state index in [9.17, 15) is 4.79 Å². The van der Waals surface area contributed by atoms with Crippen molar-refractivity contribution in [1.29, 1.82) is 0 Å². The Morgan fingerprint density at radius 2 is 1.97 bits per heavy atom. The van der Waals surface area contributed by atoms with Gasteiger partial charge in [0.15, 0.2) is 5.65 Å². The fraction of sp³-hybridized carbons (Fsp3) is 0.429. The molecular weight excluding hydrogens is 388 g/mol. The summed E-state index contributed by atoms with van der Waals surface area (Å²) in [7, 11) is 0. The number of rotatable bonds is 3. The number of carbonyl (C=O) groups is 1. The number of aromatic amines is 1. The zero-order valence-corrected chi connectivity index (χ0v) is 16.9. The third-order valence-corrected chi connectivity index (χ3v) is 6.03. The van der Waals surface area contributed by atoms with Gasteiger partial charge in [-0.25, -0.2) is 9.97 Å². The minimum atomic E-state index is 0.0641. The molecule has 0 radical (unpaired) electrons. The van der Waals surface area contributed by atoms with Crippen LogP contribution in [-0.4, -0.2) is 56.9 Å². The van der Waals surface area contributed by atoms with E-state index in [0.29, 0.717) is 16.8 Å². The molecule has 1 amide bonds. The van der Waals surface area contributed by atoms with Crippen molar-refractivity contribution in [2.45, 2.75) is 25.7 Å². The van der Waals surface area contributed by atoms with Crippen LogP contribution >= 0.6 is 11.6 Å². The number of imidazole rings is 1. The van der Waals surface area contributed by atoms with E-state index in [1.54, 1.807) is 12.4 Å². The quantitative estimate of drug-likeness (QED) is 0.714. The van der Waals surface area contributed by atoms with Gasteiger partial charge in [0.2, 0.25) is 5.91 Å². The zero-order chi connectivity index (χ0) is 19.8. The molecule has 0 bridgehead atoms. The van der Waals surface area contributed by atoms with E-state index in [0.717, 1.165) is 74.4 Å². The van der Waals surface area contributed by atoms with Crippen molar-refractivity contribution >= 4 is 34.5 Å². The lowest BCUT2D eigenvalue weighted by atomic mass is 9.96. The minimum Gasteiger partial charge on any atom is -0.356 e. The highest BCUT2D eigenvalue weighted by Crippen LogP contribution is 2.27. The monoisotopic (exact) mass is 410 g/mol. The number of carbonyl (C=O) groups excluding carboxylic acids is 1. The predicted octanol–water partition coefficient (Wildman–Crippen LogP) is 3.51. The largest absolute Gasteiger partial charge is 0.356 e. The number of likely N-dealkylation sites (tertiary alicyclic amines) is 1. The molecular formula is C21H23ClN6O. The van der Waals surface area contributed by atoms with Gasteiger partial charge in [-0.15, -0.1) is 0 Å². The Kier molecular flexibility index (Phi) is 4.83. The summed E-state index contributed by atoms with van der Waals surface area (Å²) in [6, 6.07) is 5.79. The summed E-state index contributed by atoms with van der Waals surface area (Å²) < 4.78 is 0. The summed E-state index contributed by atoms with van der Waals surface area (Å²) in [5.74, 6) is 1.95. The molecule has 1 atom stereocenters. The number of nitrogens with one attached hydrogen (secondary N) is 1. The molecule has 3 aromatic rings. The molecule has 0 saturated carbocycles. The molecule has 150 valence electrons. The van der Waals surface area contributed by atoms with Crippen LogP contribution in [0.3, 0.4) is 0 Å². The molecule has 0 spiro atoms. The van der Waals surface area contributed by atoms with Crippen molar-refractivity contribution in [3.63, 3.8) is 0 Å². The van der Waals surface area contributed by atoms with Gasteiger partial charge in [-0.05, 0) is 43.9 Å². The second-order valence-corrected chi connectivity index (χ2v) is 8.27. The van der Waals surface area contributed by atoms with Gasteiger partial charge in [0, 0.05) is 44.1 Å². The molecule has 2 aliphatic heterocycles. The molecule has 29 heavy (non-hydrogen) atoms. The van der Waals surface area contributed by atoms with Crippen LogP contribution < -0.4 is 4.90 Å². The van der Waals surface area contributed by atoms with E-state index >= 15 is 0 Å². The third kappa shape index (κ3) is 3.67. The molecule has 1 N–H and O–H groups in total. The van der Waals surface area contributed by atoms with Crippen molar-refractivity contribution in [2.75, 3.05) is 31.1 Å². The highest BCUT2D eigenvalue weighted by atomic mass is 35.5. The Morgan fingerprint density at radius 3 is 2.79 bits per heavy atom. The Hall–Kier alpha value is -2.67. The molecule has 5 rings (SSSR count). The Morgan fingerprint density at radius 1 is 1.10 bits per heavy atom. The summed E-state index contributed by atoms with van der Waals surface area (Å²) >= 11 is 6.05. The number of anilines is 1. The first-order chi connectivity index (χ1) is 14.2. The number of piperidine rings is 1. The Labute approximate surface area is 174 Å². The fourth-order valence-electron chi connectivity index (χ4n) is 4.32. The van der Waals surface area contributed by atoms with Crippen LogP contribution in [0.1, 0.15) is 25.7 Å². The van der Waals surface area contributed by atoms with E-state index in [4.69, 9.17) is 16.6 Å². The molecule has 2 saturated heterocycles. The van der Waals surface area contributed by atoms with Crippen LogP contribution in [0.25, 0.3) is 22.6 Å². The number of halogens is 1. The van der Waals surface area contributed by atoms with E-state index < -0.39 is 0 Å². The first kappa shape index (κ1) is 18.4. The highest BCUT2D eigenvalue weighted by Gasteiger charge is 2.31. The smallest absolute Gasteiger partial charge is 0.227 e.